The van der Waals surface area contributed by atoms with E-state index in [0.717, 1.165) is 27.5 Å². The van der Waals surface area contributed by atoms with Gasteiger partial charge in [-0.2, -0.15) is 0 Å². The third-order valence-corrected chi connectivity index (χ3v) is 5.74. The highest BCUT2D eigenvalue weighted by molar-refractivity contribution is 7.99. The lowest BCUT2D eigenvalue weighted by Gasteiger charge is -2.34. The predicted octanol–water partition coefficient (Wildman–Crippen LogP) is 3.50. The van der Waals surface area contributed by atoms with Gasteiger partial charge in [0.05, 0.1) is 12.1 Å². The number of hydrogen-bond acceptors (Lipinski definition) is 4. The van der Waals surface area contributed by atoms with Crippen LogP contribution < -0.4 is 5.32 Å². The maximum absolute atomic E-state index is 12.9. The molecule has 2 aromatic carbocycles. The number of benzene rings is 2. The lowest BCUT2D eigenvalue weighted by atomic mass is 10.2. The van der Waals surface area contributed by atoms with Crippen molar-refractivity contribution in [1.82, 2.24) is 9.80 Å². The van der Waals surface area contributed by atoms with Crippen molar-refractivity contribution in [1.29, 1.82) is 0 Å². The number of hydrogen-bond donors (Lipinski definition) is 1. The van der Waals surface area contributed by atoms with Crippen LogP contribution in [0.4, 0.5) is 5.69 Å². The smallest absolute Gasteiger partial charge is 0.255 e. The molecule has 2 aromatic rings. The number of nitrogens with one attached hydrogen (secondary N) is 1. The highest BCUT2D eigenvalue weighted by Gasteiger charge is 2.24. The van der Waals surface area contributed by atoms with Gasteiger partial charge in [-0.3, -0.25) is 14.5 Å². The summed E-state index contributed by atoms with van der Waals surface area (Å²) < 4.78 is 0. The first-order valence-corrected chi connectivity index (χ1v) is 10.7. The highest BCUT2D eigenvalue weighted by atomic mass is 32.2. The van der Waals surface area contributed by atoms with Crippen molar-refractivity contribution in [3.63, 3.8) is 0 Å². The van der Waals surface area contributed by atoms with Crippen LogP contribution in [0.1, 0.15) is 22.8 Å². The average Bonchev–Trinajstić information content (AvgIpc) is 2.70. The van der Waals surface area contributed by atoms with Crippen LogP contribution in [0.15, 0.2) is 53.4 Å². The Kier molecular flexibility index (Phi) is 7.12. The van der Waals surface area contributed by atoms with Crippen molar-refractivity contribution in [2.75, 3.05) is 43.8 Å². The minimum atomic E-state index is -0.0201. The Labute approximate surface area is 171 Å². The second kappa shape index (κ2) is 9.75. The number of carbonyl (C=O) groups excluding carboxylic acids is 2. The SMILES string of the molecule is CCSc1ccccc1C(=O)N1CCN(CC(=O)Nc2ccc(C)cc2)CC1. The van der Waals surface area contributed by atoms with Gasteiger partial charge in [-0.15, -0.1) is 11.8 Å². The van der Waals surface area contributed by atoms with Gasteiger partial charge in [0.1, 0.15) is 0 Å². The van der Waals surface area contributed by atoms with E-state index in [4.69, 9.17) is 0 Å². The standard InChI is InChI=1S/C22H27N3O2S/c1-3-28-20-7-5-4-6-19(20)22(27)25-14-12-24(13-15-25)16-21(26)23-18-10-8-17(2)9-11-18/h4-11H,3,12-16H2,1-2H3,(H,23,26). The minimum Gasteiger partial charge on any atom is -0.336 e. The Bertz CT molecular complexity index is 815. The number of rotatable bonds is 6. The molecule has 0 bridgehead atoms. The monoisotopic (exact) mass is 397 g/mol. The molecule has 0 aliphatic carbocycles. The number of piperazine rings is 1. The normalized spacial score (nSPS) is 14.7. The number of amides is 2. The molecule has 0 aromatic heterocycles. The Balaban J connectivity index is 1.51. The Morgan fingerprint density at radius 1 is 1.00 bits per heavy atom. The van der Waals surface area contributed by atoms with Crippen molar-refractivity contribution in [2.45, 2.75) is 18.7 Å². The van der Waals surface area contributed by atoms with Gasteiger partial charge >= 0.3 is 0 Å². The molecule has 0 atom stereocenters. The van der Waals surface area contributed by atoms with Crippen LogP contribution in [0.3, 0.4) is 0 Å². The van der Waals surface area contributed by atoms with Gasteiger partial charge in [0, 0.05) is 36.8 Å². The molecule has 0 saturated carbocycles. The quantitative estimate of drug-likeness (QED) is 0.758. The Morgan fingerprint density at radius 3 is 2.36 bits per heavy atom. The summed E-state index contributed by atoms with van der Waals surface area (Å²) in [4.78, 5) is 30.2. The van der Waals surface area contributed by atoms with Crippen LogP contribution in [0.5, 0.6) is 0 Å². The van der Waals surface area contributed by atoms with Gasteiger partial charge < -0.3 is 10.2 Å². The van der Waals surface area contributed by atoms with E-state index in [0.29, 0.717) is 32.7 Å². The fourth-order valence-electron chi connectivity index (χ4n) is 3.24. The van der Waals surface area contributed by atoms with Crippen LogP contribution in [0, 0.1) is 6.92 Å². The van der Waals surface area contributed by atoms with Crippen LogP contribution >= 0.6 is 11.8 Å². The lowest BCUT2D eigenvalue weighted by molar-refractivity contribution is -0.117. The fourth-order valence-corrected chi connectivity index (χ4v) is 4.04. The van der Waals surface area contributed by atoms with Gasteiger partial charge in [0.25, 0.3) is 5.91 Å². The highest BCUT2D eigenvalue weighted by Crippen LogP contribution is 2.24. The minimum absolute atomic E-state index is 0.0201. The van der Waals surface area contributed by atoms with E-state index in [-0.39, 0.29) is 11.8 Å². The number of aryl methyl sites for hydroxylation is 1. The third-order valence-electron chi connectivity index (χ3n) is 4.78. The molecular formula is C22H27N3O2S. The molecule has 2 amide bonds. The molecule has 0 unspecified atom stereocenters. The Hall–Kier alpha value is -2.31. The molecule has 3 rings (SSSR count). The van der Waals surface area contributed by atoms with Crippen molar-refractivity contribution in [3.8, 4) is 0 Å². The van der Waals surface area contributed by atoms with Crippen LogP contribution in [-0.2, 0) is 4.79 Å². The fraction of sp³-hybridized carbons (Fsp3) is 0.364. The van der Waals surface area contributed by atoms with Crippen molar-refractivity contribution in [2.24, 2.45) is 0 Å². The topological polar surface area (TPSA) is 52.7 Å². The first-order valence-electron chi connectivity index (χ1n) is 9.67. The van der Waals surface area contributed by atoms with Crippen LogP contribution in [0.25, 0.3) is 0 Å². The van der Waals surface area contributed by atoms with E-state index in [1.54, 1.807) is 11.8 Å². The summed E-state index contributed by atoms with van der Waals surface area (Å²) in [5.74, 6) is 1.00. The van der Waals surface area contributed by atoms with Gasteiger partial charge in [-0.05, 0) is 36.9 Å². The van der Waals surface area contributed by atoms with Gasteiger partial charge in [-0.1, -0.05) is 36.8 Å². The van der Waals surface area contributed by atoms with E-state index in [2.05, 4.69) is 17.1 Å². The largest absolute Gasteiger partial charge is 0.336 e. The van der Waals surface area contributed by atoms with Crippen LogP contribution in [-0.4, -0.2) is 60.1 Å². The first kappa shape index (κ1) is 20.4. The summed E-state index contributed by atoms with van der Waals surface area (Å²) in [6.07, 6.45) is 0. The molecule has 1 aliphatic heterocycles. The molecule has 1 heterocycles. The van der Waals surface area contributed by atoms with E-state index in [9.17, 15) is 9.59 Å². The maximum Gasteiger partial charge on any atom is 0.255 e. The summed E-state index contributed by atoms with van der Waals surface area (Å²) in [6, 6.07) is 15.6. The van der Waals surface area contributed by atoms with E-state index in [1.165, 1.54) is 0 Å². The summed E-state index contributed by atoms with van der Waals surface area (Å²) in [5.41, 5.74) is 2.76. The van der Waals surface area contributed by atoms with Gasteiger partial charge in [0.15, 0.2) is 0 Å². The molecule has 0 spiro atoms. The molecular weight excluding hydrogens is 370 g/mol. The van der Waals surface area contributed by atoms with Crippen LogP contribution in [0.2, 0.25) is 0 Å². The predicted molar refractivity (Wildman–Crippen MR) is 115 cm³/mol. The summed E-state index contributed by atoms with van der Waals surface area (Å²) in [5, 5.41) is 2.93. The van der Waals surface area contributed by atoms with E-state index >= 15 is 0 Å². The molecule has 28 heavy (non-hydrogen) atoms. The second-order valence-corrected chi connectivity index (χ2v) is 8.22. The number of nitrogens with zero attached hydrogens (tertiary/aromatic N) is 2. The molecule has 148 valence electrons. The molecule has 1 N–H and O–H groups in total. The van der Waals surface area contributed by atoms with Crippen molar-refractivity contribution < 1.29 is 9.59 Å². The van der Waals surface area contributed by atoms with Gasteiger partial charge in [-0.25, -0.2) is 0 Å². The summed E-state index contributed by atoms with van der Waals surface area (Å²) in [6.45, 7) is 7.14. The third kappa shape index (κ3) is 5.36. The number of carbonyl (C=O) groups is 2. The number of anilines is 1. The lowest BCUT2D eigenvalue weighted by Crippen LogP contribution is -2.50. The molecule has 1 saturated heterocycles. The van der Waals surface area contributed by atoms with E-state index < -0.39 is 0 Å². The van der Waals surface area contributed by atoms with Gasteiger partial charge in [0.2, 0.25) is 5.91 Å². The van der Waals surface area contributed by atoms with E-state index in [1.807, 2.05) is 60.4 Å². The maximum atomic E-state index is 12.9. The molecule has 0 radical (unpaired) electrons. The van der Waals surface area contributed by atoms with Crippen molar-refractivity contribution in [3.05, 3.63) is 59.7 Å². The zero-order valence-electron chi connectivity index (χ0n) is 16.5. The Morgan fingerprint density at radius 2 is 1.68 bits per heavy atom. The molecule has 1 aliphatic rings. The molecule has 5 nitrogen and oxygen atoms in total. The first-order chi connectivity index (χ1) is 13.6. The number of thioether (sulfide) groups is 1. The molecule has 1 fully saturated rings. The summed E-state index contributed by atoms with van der Waals surface area (Å²) in [7, 11) is 0. The second-order valence-electron chi connectivity index (χ2n) is 6.91. The summed E-state index contributed by atoms with van der Waals surface area (Å²) >= 11 is 1.69. The molecule has 6 heteroatoms. The zero-order valence-corrected chi connectivity index (χ0v) is 17.3. The average molecular weight is 398 g/mol. The van der Waals surface area contributed by atoms with Crippen molar-refractivity contribution >= 4 is 29.3 Å². The zero-order chi connectivity index (χ0) is 19.9.